The second-order valence-corrected chi connectivity index (χ2v) is 8.81. The molecule has 34 heavy (non-hydrogen) atoms. The zero-order valence-electron chi connectivity index (χ0n) is 19.2. The van der Waals surface area contributed by atoms with Crippen molar-refractivity contribution in [3.05, 3.63) is 64.5 Å². The molecule has 0 saturated carbocycles. The van der Waals surface area contributed by atoms with Crippen molar-refractivity contribution >= 4 is 12.1 Å². The number of ether oxygens (including phenoxy) is 3. The molecule has 1 aliphatic rings. The smallest absolute Gasteiger partial charge is 0.419 e. The van der Waals surface area contributed by atoms with Crippen LogP contribution >= 0.6 is 0 Å². The van der Waals surface area contributed by atoms with E-state index in [0.717, 1.165) is 11.6 Å². The molecular formula is C24H25F4NO5. The Kier molecular flexibility index (Phi) is 7.09. The highest BCUT2D eigenvalue weighted by atomic mass is 19.4. The number of amides is 1. The second kappa shape index (κ2) is 9.52. The van der Waals surface area contributed by atoms with Gasteiger partial charge < -0.3 is 14.2 Å². The van der Waals surface area contributed by atoms with E-state index in [1.165, 1.54) is 18.1 Å². The van der Waals surface area contributed by atoms with Crippen molar-refractivity contribution in [2.75, 3.05) is 13.7 Å². The number of benzene rings is 2. The maximum Gasteiger partial charge on any atom is 0.419 e. The van der Waals surface area contributed by atoms with E-state index in [1.54, 1.807) is 39.0 Å². The summed E-state index contributed by atoms with van der Waals surface area (Å²) < 4.78 is 68.2. The van der Waals surface area contributed by atoms with Gasteiger partial charge >= 0.3 is 18.2 Å². The molecule has 2 aromatic carbocycles. The van der Waals surface area contributed by atoms with Crippen LogP contribution in [0.4, 0.5) is 22.4 Å². The van der Waals surface area contributed by atoms with Crippen LogP contribution in [0.3, 0.4) is 0 Å². The van der Waals surface area contributed by atoms with Crippen molar-refractivity contribution in [3.8, 4) is 5.75 Å². The molecule has 3 rings (SSSR count). The lowest BCUT2D eigenvalue weighted by Crippen LogP contribution is -2.46. The minimum atomic E-state index is -4.81. The molecule has 1 aliphatic heterocycles. The lowest BCUT2D eigenvalue weighted by Gasteiger charge is -2.36. The first-order valence-electron chi connectivity index (χ1n) is 10.5. The normalized spacial score (nSPS) is 16.0. The number of rotatable bonds is 4. The Bertz CT molecular complexity index is 1080. The highest BCUT2D eigenvalue weighted by molar-refractivity contribution is 5.84. The minimum absolute atomic E-state index is 0.148. The number of alkyl halides is 3. The summed E-state index contributed by atoms with van der Waals surface area (Å²) in [4.78, 5) is 26.5. The first-order chi connectivity index (χ1) is 15.8. The van der Waals surface area contributed by atoms with Gasteiger partial charge in [-0.25, -0.2) is 14.0 Å². The first-order valence-corrected chi connectivity index (χ1v) is 10.5. The summed E-state index contributed by atoms with van der Waals surface area (Å²) in [5, 5.41) is 0. The summed E-state index contributed by atoms with van der Waals surface area (Å²) in [6.45, 7) is 5.14. The van der Waals surface area contributed by atoms with Gasteiger partial charge in [0, 0.05) is 6.54 Å². The van der Waals surface area contributed by atoms with Gasteiger partial charge in [-0.1, -0.05) is 12.1 Å². The Balaban J connectivity index is 1.81. The molecule has 0 aromatic heterocycles. The van der Waals surface area contributed by atoms with Gasteiger partial charge in [-0.05, 0) is 68.1 Å². The number of halogens is 4. The quantitative estimate of drug-likeness (QED) is 0.429. The standard InChI is InChI=1S/C24H25F4NO5/c1-23(2,3)34-22(31)29-10-9-15-12-16(6-7-17(15)20(29)21(30)32-4)33-13-14-5-8-19(25)18(11-14)24(26,27)28/h5-8,11-12,20H,9-10,13H2,1-4H3/t20-/m1/s1. The van der Waals surface area contributed by atoms with Gasteiger partial charge in [-0.15, -0.1) is 0 Å². The number of nitrogens with zero attached hydrogens (tertiary/aromatic N) is 1. The third kappa shape index (κ3) is 5.78. The van der Waals surface area contributed by atoms with Gasteiger partial charge in [0.25, 0.3) is 0 Å². The van der Waals surface area contributed by atoms with Crippen molar-refractivity contribution in [1.82, 2.24) is 4.90 Å². The Labute approximate surface area is 194 Å². The first kappa shape index (κ1) is 25.3. The van der Waals surface area contributed by atoms with E-state index in [2.05, 4.69) is 0 Å². The topological polar surface area (TPSA) is 65.1 Å². The number of methoxy groups -OCH3 is 1. The molecule has 0 bridgehead atoms. The second-order valence-electron chi connectivity index (χ2n) is 8.81. The van der Waals surface area contributed by atoms with Crippen LogP contribution < -0.4 is 4.74 Å². The van der Waals surface area contributed by atoms with Crippen LogP contribution in [-0.2, 0) is 33.5 Å². The summed E-state index contributed by atoms with van der Waals surface area (Å²) in [5.74, 6) is -1.63. The Hall–Kier alpha value is -3.30. The number of hydrogen-bond donors (Lipinski definition) is 0. The molecule has 2 aromatic rings. The molecule has 0 unspecified atom stereocenters. The van der Waals surface area contributed by atoms with Crippen LogP contribution in [0.2, 0.25) is 0 Å². The molecule has 184 valence electrons. The van der Waals surface area contributed by atoms with E-state index in [9.17, 15) is 27.2 Å². The fourth-order valence-electron chi connectivity index (χ4n) is 3.62. The third-order valence-corrected chi connectivity index (χ3v) is 5.14. The van der Waals surface area contributed by atoms with E-state index in [-0.39, 0.29) is 18.7 Å². The largest absolute Gasteiger partial charge is 0.489 e. The highest BCUT2D eigenvalue weighted by Crippen LogP contribution is 2.35. The highest BCUT2D eigenvalue weighted by Gasteiger charge is 2.39. The average molecular weight is 483 g/mol. The SMILES string of the molecule is COC(=O)[C@H]1c2ccc(OCc3ccc(F)c(C(F)(F)F)c3)cc2CCN1C(=O)OC(C)(C)C. The fourth-order valence-corrected chi connectivity index (χ4v) is 3.62. The predicted molar refractivity (Wildman–Crippen MR) is 114 cm³/mol. The number of carbonyl (C=O) groups is 2. The lowest BCUT2D eigenvalue weighted by molar-refractivity contribution is -0.147. The molecule has 0 spiro atoms. The van der Waals surface area contributed by atoms with Crippen LogP contribution in [0.5, 0.6) is 5.75 Å². The number of hydrogen-bond acceptors (Lipinski definition) is 5. The third-order valence-electron chi connectivity index (χ3n) is 5.14. The summed E-state index contributed by atoms with van der Waals surface area (Å²) in [5.41, 5.74) is -0.695. The van der Waals surface area contributed by atoms with E-state index in [1.807, 2.05) is 0 Å². The van der Waals surface area contributed by atoms with Crippen LogP contribution in [0.25, 0.3) is 0 Å². The number of fused-ring (bicyclic) bond motifs is 1. The van der Waals surface area contributed by atoms with Crippen LogP contribution in [0, 0.1) is 5.82 Å². The summed E-state index contributed by atoms with van der Waals surface area (Å²) >= 11 is 0. The van der Waals surface area contributed by atoms with Gasteiger partial charge in [0.2, 0.25) is 0 Å². The fraction of sp³-hybridized carbons (Fsp3) is 0.417. The maximum absolute atomic E-state index is 13.5. The van der Waals surface area contributed by atoms with Crippen molar-refractivity contribution in [2.24, 2.45) is 0 Å². The Morgan fingerprint density at radius 2 is 1.79 bits per heavy atom. The molecular weight excluding hydrogens is 458 g/mol. The van der Waals surface area contributed by atoms with Gasteiger partial charge in [-0.3, -0.25) is 4.90 Å². The molecule has 0 N–H and O–H groups in total. The predicted octanol–water partition coefficient (Wildman–Crippen LogP) is 5.43. The average Bonchev–Trinajstić information content (AvgIpc) is 2.75. The molecule has 1 heterocycles. The molecule has 10 heteroatoms. The van der Waals surface area contributed by atoms with E-state index in [4.69, 9.17) is 14.2 Å². The molecule has 0 aliphatic carbocycles. The molecule has 1 amide bonds. The van der Waals surface area contributed by atoms with E-state index < -0.39 is 41.3 Å². The van der Waals surface area contributed by atoms with E-state index in [0.29, 0.717) is 23.8 Å². The van der Waals surface area contributed by atoms with Gasteiger partial charge in [0.05, 0.1) is 12.7 Å². The molecule has 1 atom stereocenters. The van der Waals surface area contributed by atoms with Crippen LogP contribution in [0.15, 0.2) is 36.4 Å². The van der Waals surface area contributed by atoms with Gasteiger partial charge in [0.1, 0.15) is 23.8 Å². The molecule has 6 nitrogen and oxygen atoms in total. The monoisotopic (exact) mass is 483 g/mol. The van der Waals surface area contributed by atoms with Crippen molar-refractivity contribution in [2.45, 2.75) is 51.6 Å². The van der Waals surface area contributed by atoms with Crippen molar-refractivity contribution in [1.29, 1.82) is 0 Å². The Morgan fingerprint density at radius 1 is 1.09 bits per heavy atom. The van der Waals surface area contributed by atoms with E-state index >= 15 is 0 Å². The van der Waals surface area contributed by atoms with Gasteiger partial charge in [-0.2, -0.15) is 13.2 Å². The lowest BCUT2D eigenvalue weighted by atomic mass is 9.92. The summed E-state index contributed by atoms with van der Waals surface area (Å²) in [6.07, 6.45) is -5.06. The zero-order valence-corrected chi connectivity index (χ0v) is 19.2. The van der Waals surface area contributed by atoms with Crippen LogP contribution in [0.1, 0.15) is 49.1 Å². The van der Waals surface area contributed by atoms with Crippen LogP contribution in [-0.4, -0.2) is 36.2 Å². The number of carbonyl (C=O) groups excluding carboxylic acids is 2. The Morgan fingerprint density at radius 3 is 2.41 bits per heavy atom. The molecule has 0 fully saturated rings. The summed E-state index contributed by atoms with van der Waals surface area (Å²) in [6, 6.07) is 6.47. The zero-order chi connectivity index (χ0) is 25.3. The molecule has 0 radical (unpaired) electrons. The minimum Gasteiger partial charge on any atom is -0.489 e. The van der Waals surface area contributed by atoms with Gasteiger partial charge in [0.15, 0.2) is 6.04 Å². The maximum atomic E-state index is 13.5. The van der Waals surface area contributed by atoms with Crippen molar-refractivity contribution in [3.63, 3.8) is 0 Å². The molecule has 0 saturated heterocycles. The van der Waals surface area contributed by atoms with Crippen molar-refractivity contribution < 1.29 is 41.4 Å². The number of esters is 1. The summed E-state index contributed by atoms with van der Waals surface area (Å²) in [7, 11) is 1.22.